The molecule has 1 spiro atoms. The predicted octanol–water partition coefficient (Wildman–Crippen LogP) is 1.31. The summed E-state index contributed by atoms with van der Waals surface area (Å²) in [5, 5.41) is 2.81. The summed E-state index contributed by atoms with van der Waals surface area (Å²) in [7, 11) is 0. The highest BCUT2D eigenvalue weighted by atomic mass is 16.7. The topological polar surface area (TPSA) is 77.1 Å². The molecule has 2 fully saturated rings. The molecule has 1 aromatic rings. The Bertz CT molecular complexity index is 689. The first-order chi connectivity index (χ1) is 12.0. The van der Waals surface area contributed by atoms with E-state index < -0.39 is 11.9 Å². The van der Waals surface area contributed by atoms with E-state index in [4.69, 9.17) is 14.2 Å². The molecule has 2 amide bonds. The number of carbonyl (C=O) groups is 2. The smallest absolute Gasteiger partial charge is 0.265 e. The number of benzene rings is 1. The average Bonchev–Trinajstić information content (AvgIpc) is 3.05. The van der Waals surface area contributed by atoms with Gasteiger partial charge in [0.15, 0.2) is 11.9 Å². The van der Waals surface area contributed by atoms with Crippen molar-refractivity contribution in [3.8, 4) is 5.75 Å². The molecule has 2 saturated heterocycles. The first-order valence-electron chi connectivity index (χ1n) is 8.71. The van der Waals surface area contributed by atoms with Crippen LogP contribution >= 0.6 is 0 Å². The van der Waals surface area contributed by atoms with Gasteiger partial charge < -0.3 is 24.4 Å². The molecule has 0 bridgehead atoms. The van der Waals surface area contributed by atoms with Gasteiger partial charge in [0.1, 0.15) is 5.75 Å². The molecule has 1 atom stereocenters. The van der Waals surface area contributed by atoms with Crippen molar-refractivity contribution >= 4 is 17.5 Å². The molecular formula is C18H22N2O5. The maximum atomic E-state index is 12.6. The number of likely N-dealkylation sites (tertiary alicyclic amines) is 1. The minimum atomic E-state index is -0.499. The minimum Gasteiger partial charge on any atom is -0.479 e. The molecule has 3 aliphatic rings. The molecule has 0 aliphatic carbocycles. The van der Waals surface area contributed by atoms with Gasteiger partial charge in [-0.05, 0) is 24.6 Å². The van der Waals surface area contributed by atoms with Crippen LogP contribution in [0.1, 0.15) is 25.3 Å². The Balaban J connectivity index is 1.38. The summed E-state index contributed by atoms with van der Waals surface area (Å²) in [6.07, 6.45) is 1.23. The lowest BCUT2D eigenvalue weighted by Gasteiger charge is -2.37. The Morgan fingerprint density at radius 1 is 1.28 bits per heavy atom. The quantitative estimate of drug-likeness (QED) is 0.874. The van der Waals surface area contributed by atoms with Crippen LogP contribution in [0.4, 0.5) is 5.69 Å². The fourth-order valence-electron chi connectivity index (χ4n) is 3.53. The van der Waals surface area contributed by atoms with Crippen molar-refractivity contribution in [2.24, 2.45) is 0 Å². The van der Waals surface area contributed by atoms with Crippen molar-refractivity contribution in [2.45, 2.75) is 38.1 Å². The van der Waals surface area contributed by atoms with E-state index >= 15 is 0 Å². The second kappa shape index (κ2) is 6.31. The van der Waals surface area contributed by atoms with Gasteiger partial charge in [-0.3, -0.25) is 9.59 Å². The van der Waals surface area contributed by atoms with Crippen LogP contribution in [0, 0.1) is 0 Å². The fourth-order valence-corrected chi connectivity index (χ4v) is 3.53. The summed E-state index contributed by atoms with van der Waals surface area (Å²) >= 11 is 0. The maximum Gasteiger partial charge on any atom is 0.265 e. The minimum absolute atomic E-state index is 0.0734. The molecule has 1 aromatic carbocycles. The average molecular weight is 346 g/mol. The van der Waals surface area contributed by atoms with Gasteiger partial charge in [0.05, 0.1) is 25.3 Å². The van der Waals surface area contributed by atoms with E-state index in [1.165, 1.54) is 0 Å². The van der Waals surface area contributed by atoms with Crippen molar-refractivity contribution in [3.05, 3.63) is 23.8 Å². The highest BCUT2D eigenvalue weighted by Gasteiger charge is 2.40. The van der Waals surface area contributed by atoms with Crippen molar-refractivity contribution in [2.75, 3.05) is 31.6 Å². The lowest BCUT2D eigenvalue weighted by Crippen LogP contribution is -2.47. The van der Waals surface area contributed by atoms with E-state index in [9.17, 15) is 9.59 Å². The maximum absolute atomic E-state index is 12.6. The number of ether oxygens (including phenoxy) is 3. The van der Waals surface area contributed by atoms with Crippen LogP contribution in [0.25, 0.3) is 0 Å². The number of amides is 2. The summed E-state index contributed by atoms with van der Waals surface area (Å²) in [4.78, 5) is 26.2. The second-order valence-electron chi connectivity index (χ2n) is 6.75. The van der Waals surface area contributed by atoms with Crippen molar-refractivity contribution in [1.82, 2.24) is 4.90 Å². The van der Waals surface area contributed by atoms with Crippen LogP contribution in [-0.2, 0) is 25.5 Å². The van der Waals surface area contributed by atoms with Gasteiger partial charge in [-0.25, -0.2) is 0 Å². The van der Waals surface area contributed by atoms with Gasteiger partial charge in [-0.2, -0.15) is 0 Å². The molecule has 7 heteroatoms. The molecule has 4 rings (SSSR count). The standard InChI is InChI=1S/C18H22N2O5/c1-12-17(22)19-14-10-13(2-3-15(14)25-12)11-16(21)20-6-4-18(5-7-20)23-8-9-24-18/h2-3,10,12H,4-9,11H2,1H3,(H,19,22). The molecule has 1 unspecified atom stereocenters. The normalized spacial score (nSPS) is 24.6. The number of rotatable bonds is 2. The largest absolute Gasteiger partial charge is 0.479 e. The number of hydrogen-bond acceptors (Lipinski definition) is 5. The Kier molecular flexibility index (Phi) is 4.13. The van der Waals surface area contributed by atoms with E-state index in [0.29, 0.717) is 57.0 Å². The zero-order valence-corrected chi connectivity index (χ0v) is 14.2. The third-order valence-electron chi connectivity index (χ3n) is 5.02. The molecule has 3 aliphatic heterocycles. The number of nitrogens with zero attached hydrogens (tertiary/aromatic N) is 1. The van der Waals surface area contributed by atoms with Gasteiger partial charge in [-0.15, -0.1) is 0 Å². The lowest BCUT2D eigenvalue weighted by atomic mass is 10.0. The van der Waals surface area contributed by atoms with Gasteiger partial charge in [0, 0.05) is 25.9 Å². The van der Waals surface area contributed by atoms with E-state index in [1.807, 2.05) is 17.0 Å². The first kappa shape index (κ1) is 16.4. The fraction of sp³-hybridized carbons (Fsp3) is 0.556. The summed E-state index contributed by atoms with van der Waals surface area (Å²) in [6, 6.07) is 5.49. The zero-order chi connectivity index (χ0) is 17.4. The molecule has 0 radical (unpaired) electrons. The Morgan fingerprint density at radius 2 is 2.00 bits per heavy atom. The number of fused-ring (bicyclic) bond motifs is 1. The van der Waals surface area contributed by atoms with Crippen LogP contribution in [-0.4, -0.2) is 54.9 Å². The molecule has 7 nitrogen and oxygen atoms in total. The highest BCUT2D eigenvalue weighted by molar-refractivity contribution is 5.97. The number of nitrogens with one attached hydrogen (secondary N) is 1. The number of hydrogen-bond donors (Lipinski definition) is 1. The zero-order valence-electron chi connectivity index (χ0n) is 14.2. The van der Waals surface area contributed by atoms with Gasteiger partial charge in [0.25, 0.3) is 5.91 Å². The summed E-state index contributed by atoms with van der Waals surface area (Å²) in [5.74, 6) is 0.0674. The number of piperidine rings is 1. The molecule has 0 saturated carbocycles. The third-order valence-corrected chi connectivity index (χ3v) is 5.02. The summed E-state index contributed by atoms with van der Waals surface area (Å²) < 4.78 is 16.9. The third kappa shape index (κ3) is 3.21. The second-order valence-corrected chi connectivity index (χ2v) is 6.75. The van der Waals surface area contributed by atoms with Gasteiger partial charge >= 0.3 is 0 Å². The van der Waals surface area contributed by atoms with E-state index in [-0.39, 0.29) is 11.8 Å². The molecule has 1 N–H and O–H groups in total. The van der Waals surface area contributed by atoms with Crippen LogP contribution in [0.3, 0.4) is 0 Å². The number of anilines is 1. The summed E-state index contributed by atoms with van der Waals surface area (Å²) in [6.45, 7) is 4.25. The Hall–Kier alpha value is -2.12. The van der Waals surface area contributed by atoms with Crippen molar-refractivity contribution in [3.63, 3.8) is 0 Å². The van der Waals surface area contributed by atoms with Crippen molar-refractivity contribution < 1.29 is 23.8 Å². The SMILES string of the molecule is CC1Oc2ccc(CC(=O)N3CCC4(CC3)OCCO4)cc2NC1=O. The van der Waals surface area contributed by atoms with E-state index in [1.54, 1.807) is 13.0 Å². The Morgan fingerprint density at radius 3 is 2.72 bits per heavy atom. The van der Waals surface area contributed by atoms with E-state index in [2.05, 4.69) is 5.32 Å². The molecule has 134 valence electrons. The molecular weight excluding hydrogens is 324 g/mol. The molecule has 3 heterocycles. The molecule has 0 aromatic heterocycles. The van der Waals surface area contributed by atoms with Gasteiger partial charge in [-0.1, -0.05) is 6.07 Å². The van der Waals surface area contributed by atoms with Crippen LogP contribution in [0.5, 0.6) is 5.75 Å². The van der Waals surface area contributed by atoms with Gasteiger partial charge in [0.2, 0.25) is 5.91 Å². The first-order valence-corrected chi connectivity index (χ1v) is 8.71. The van der Waals surface area contributed by atoms with Crippen LogP contribution in [0.2, 0.25) is 0 Å². The summed E-state index contributed by atoms with van der Waals surface area (Å²) in [5.41, 5.74) is 1.48. The molecule has 25 heavy (non-hydrogen) atoms. The lowest BCUT2D eigenvalue weighted by molar-refractivity contribution is -0.187. The Labute approximate surface area is 146 Å². The number of carbonyl (C=O) groups excluding carboxylic acids is 2. The van der Waals surface area contributed by atoms with Crippen LogP contribution in [0.15, 0.2) is 18.2 Å². The van der Waals surface area contributed by atoms with Crippen molar-refractivity contribution in [1.29, 1.82) is 0 Å². The predicted molar refractivity (Wildman–Crippen MR) is 89.3 cm³/mol. The van der Waals surface area contributed by atoms with E-state index in [0.717, 1.165) is 5.56 Å². The highest BCUT2D eigenvalue weighted by Crippen LogP contribution is 2.32. The van der Waals surface area contributed by atoms with Crippen LogP contribution < -0.4 is 10.1 Å². The monoisotopic (exact) mass is 346 g/mol.